The normalized spacial score (nSPS) is 18.7. The minimum Gasteiger partial charge on any atom is -0.346 e. The van der Waals surface area contributed by atoms with Crippen LogP contribution in [0, 0.1) is 29.4 Å². The molecule has 1 amide bonds. The van der Waals surface area contributed by atoms with Gasteiger partial charge >= 0.3 is 12.1 Å². The highest BCUT2D eigenvalue weighted by atomic mass is 32.2. The van der Waals surface area contributed by atoms with Gasteiger partial charge in [-0.2, -0.15) is 37.1 Å². The molecule has 0 spiro atoms. The number of benzene rings is 2. The third kappa shape index (κ3) is 7.11. The molecule has 9 rings (SSSR count). The number of amides is 1. The number of fused-ring (bicyclic) bond motifs is 5. The number of para-hydroxylation sites is 1. The number of aromatic nitrogens is 6. The standard InChI is InChI=1S/C39H33F7N10O3S2/c1-53(2)21-15-55(16-21)37-49-36-28(60-37)14-25(22-6-5-7-24-32(22)54(3)51-35(24)52-61(4,58)59)31(48-36)27(12-18-10-19(40)13-20(41)11-18)47-29(57)17-56-34-30(33(50-56)39(44,45)46)23-8-9-26(23)38(34,42)43/h5-7,10-11,13-14,21,23,26-27H,12,15-17H2,1-4H3,(H,47,57)(H,51,52)/t23-,26+,27-/m0/s1. The number of nitrogens with one attached hydrogen (secondary N) is 2. The molecule has 1 aliphatic heterocycles. The van der Waals surface area contributed by atoms with E-state index < -0.39 is 81.0 Å². The number of hydrogen-bond donors (Lipinski definition) is 2. The number of rotatable bonds is 11. The van der Waals surface area contributed by atoms with Gasteiger partial charge in [0.1, 0.15) is 29.8 Å². The number of nitrogens with zero attached hydrogens (tertiary/aromatic N) is 8. The van der Waals surface area contributed by atoms with E-state index in [1.165, 1.54) is 16.0 Å². The molecular weight excluding hydrogens is 854 g/mol. The molecule has 0 radical (unpaired) electrons. The van der Waals surface area contributed by atoms with Gasteiger partial charge in [-0.15, -0.1) is 0 Å². The van der Waals surface area contributed by atoms with Crippen molar-refractivity contribution < 1.29 is 43.9 Å². The Morgan fingerprint density at radius 2 is 1.77 bits per heavy atom. The number of carbonyl (C=O) groups is 1. The van der Waals surface area contributed by atoms with Crippen LogP contribution in [0.5, 0.6) is 0 Å². The predicted molar refractivity (Wildman–Crippen MR) is 211 cm³/mol. The Morgan fingerprint density at radius 3 is 2.41 bits per heavy atom. The van der Waals surface area contributed by atoms with E-state index in [1.54, 1.807) is 31.3 Å². The van der Waals surface area contributed by atoms with Gasteiger partial charge in [-0.3, -0.25) is 18.9 Å². The van der Waals surface area contributed by atoms with Crippen LogP contribution >= 0.6 is 11.3 Å². The predicted octanol–water partition coefficient (Wildman–Crippen LogP) is 5.78. The highest BCUT2D eigenvalue weighted by Crippen LogP contribution is 2.58. The second-order valence-corrected chi connectivity index (χ2v) is 18.3. The molecule has 3 atom stereocenters. The highest BCUT2D eigenvalue weighted by molar-refractivity contribution is 7.92. The maximum atomic E-state index is 15.6. The van der Waals surface area contributed by atoms with Crippen LogP contribution in [0.25, 0.3) is 32.4 Å². The molecule has 1 fully saturated rings. The first kappa shape index (κ1) is 40.6. The summed E-state index contributed by atoms with van der Waals surface area (Å²) < 4.78 is 133. The summed E-state index contributed by atoms with van der Waals surface area (Å²) in [5.74, 6) is -5.28. The number of alkyl halides is 5. The van der Waals surface area contributed by atoms with Gasteiger partial charge in [0, 0.05) is 54.3 Å². The maximum absolute atomic E-state index is 15.6. The molecule has 13 nitrogen and oxygen atoms in total. The summed E-state index contributed by atoms with van der Waals surface area (Å²) in [6, 6.07) is 8.40. The van der Waals surface area contributed by atoms with Crippen LogP contribution < -0.4 is 14.9 Å². The van der Waals surface area contributed by atoms with E-state index in [0.717, 1.165) is 18.4 Å². The number of sulfonamides is 1. The van der Waals surface area contributed by atoms with Gasteiger partial charge in [-0.05, 0) is 50.3 Å². The lowest BCUT2D eigenvalue weighted by Crippen LogP contribution is -2.57. The second kappa shape index (κ2) is 14.1. The number of hydrogen-bond acceptors (Lipinski definition) is 10. The van der Waals surface area contributed by atoms with Crippen LogP contribution in [0.4, 0.5) is 41.7 Å². The lowest BCUT2D eigenvalue weighted by atomic mass is 9.84. The topological polar surface area (TPSA) is 143 Å². The molecule has 318 valence electrons. The van der Waals surface area contributed by atoms with Gasteiger partial charge in [0.2, 0.25) is 15.9 Å². The zero-order chi connectivity index (χ0) is 43.5. The summed E-state index contributed by atoms with van der Waals surface area (Å²) in [4.78, 5) is 28.0. The van der Waals surface area contributed by atoms with Crippen molar-refractivity contribution in [2.75, 3.05) is 43.1 Å². The third-order valence-electron chi connectivity index (χ3n) is 11.0. The Balaban J connectivity index is 1.19. The average Bonchev–Trinajstić information content (AvgIpc) is 3.80. The number of pyridine rings is 1. The van der Waals surface area contributed by atoms with Crippen LogP contribution in [0.2, 0.25) is 0 Å². The van der Waals surface area contributed by atoms with Crippen molar-refractivity contribution in [1.29, 1.82) is 0 Å². The van der Waals surface area contributed by atoms with Gasteiger partial charge in [-0.1, -0.05) is 35.3 Å². The van der Waals surface area contributed by atoms with Crippen LogP contribution in [-0.4, -0.2) is 88.2 Å². The van der Waals surface area contributed by atoms with E-state index in [-0.39, 0.29) is 35.2 Å². The molecule has 1 saturated heterocycles. The fourth-order valence-corrected chi connectivity index (χ4v) is 9.63. The van der Waals surface area contributed by atoms with E-state index in [0.29, 0.717) is 55.7 Å². The van der Waals surface area contributed by atoms with Crippen LogP contribution in [0.1, 0.15) is 40.2 Å². The minimum absolute atomic E-state index is 0.0199. The first-order chi connectivity index (χ1) is 28.7. The van der Waals surface area contributed by atoms with Crippen molar-refractivity contribution in [3.05, 3.63) is 82.3 Å². The van der Waals surface area contributed by atoms with Crippen molar-refractivity contribution in [2.45, 2.75) is 43.1 Å². The number of likely N-dealkylation sites (N-methyl/N-ethyl adjacent to an activating group) is 1. The van der Waals surface area contributed by atoms with Crippen molar-refractivity contribution in [1.82, 2.24) is 39.7 Å². The first-order valence-corrected chi connectivity index (χ1v) is 21.4. The summed E-state index contributed by atoms with van der Waals surface area (Å²) in [6.45, 7) is 0.265. The largest absolute Gasteiger partial charge is 0.435 e. The Morgan fingerprint density at radius 1 is 1.05 bits per heavy atom. The summed E-state index contributed by atoms with van der Waals surface area (Å²) in [5.41, 5.74) is -1.85. The molecule has 5 heterocycles. The molecule has 0 bridgehead atoms. The van der Waals surface area contributed by atoms with E-state index in [4.69, 9.17) is 9.97 Å². The smallest absolute Gasteiger partial charge is 0.346 e. The van der Waals surface area contributed by atoms with Crippen molar-refractivity contribution in [3.63, 3.8) is 0 Å². The number of thiazole rings is 1. The number of carbonyl (C=O) groups excluding carboxylic acids is 1. The maximum Gasteiger partial charge on any atom is 0.435 e. The van der Waals surface area contributed by atoms with Crippen LogP contribution in [0.3, 0.4) is 0 Å². The molecule has 4 aromatic heterocycles. The number of aryl methyl sites for hydroxylation is 1. The summed E-state index contributed by atoms with van der Waals surface area (Å²) >= 11 is 1.34. The van der Waals surface area contributed by atoms with E-state index in [2.05, 4.69) is 41.9 Å². The molecule has 6 aromatic rings. The lowest BCUT2D eigenvalue weighted by molar-refractivity contribution is -0.142. The van der Waals surface area contributed by atoms with E-state index >= 15 is 8.78 Å². The average molecular weight is 887 g/mol. The van der Waals surface area contributed by atoms with Crippen molar-refractivity contribution in [2.24, 2.45) is 13.0 Å². The summed E-state index contributed by atoms with van der Waals surface area (Å²) in [6.07, 6.45) is -4.51. The summed E-state index contributed by atoms with van der Waals surface area (Å²) in [7, 11) is 1.73. The zero-order valence-electron chi connectivity index (χ0n) is 32.4. The molecule has 22 heteroatoms. The Hall–Kier alpha value is -5.79. The fourth-order valence-electron chi connectivity index (χ4n) is 8.16. The van der Waals surface area contributed by atoms with Crippen LogP contribution in [0.15, 0.2) is 42.5 Å². The second-order valence-electron chi connectivity index (χ2n) is 15.5. The van der Waals surface area contributed by atoms with Crippen molar-refractivity contribution in [3.8, 4) is 23.0 Å². The van der Waals surface area contributed by atoms with Crippen molar-refractivity contribution >= 4 is 59.5 Å². The minimum atomic E-state index is -5.13. The molecule has 2 aromatic carbocycles. The Bertz CT molecular complexity index is 2960. The Kier molecular flexibility index (Phi) is 9.41. The summed E-state index contributed by atoms with van der Waals surface area (Å²) in [5, 5.41) is 11.6. The van der Waals surface area contributed by atoms with Gasteiger partial charge in [0.15, 0.2) is 22.3 Å². The Labute approximate surface area is 346 Å². The molecular formula is C39H33F7N10O3S2. The van der Waals surface area contributed by atoms with Gasteiger partial charge in [-0.25, -0.2) is 22.2 Å². The van der Waals surface area contributed by atoms with E-state index in [1.807, 2.05) is 14.1 Å². The number of halogens is 7. The van der Waals surface area contributed by atoms with Gasteiger partial charge < -0.3 is 15.1 Å². The van der Waals surface area contributed by atoms with E-state index in [9.17, 15) is 35.2 Å². The SMILES string of the molecule is CN(C)C1CN(c2nc3nc([C@H](Cc4cc(F)cc(F)c4)NC(=O)Cn4nc(C(F)(F)F)c5c4C(F)(F)[C@@H]4C#C[C@H]54)c(-c4cccc5c(NS(C)(=O)=O)nn(C)c45)cc3s2)C1. The number of anilines is 2. The van der Waals surface area contributed by atoms with Gasteiger partial charge in [0.05, 0.1) is 34.1 Å². The van der Waals surface area contributed by atoms with Crippen LogP contribution in [-0.2, 0) is 46.9 Å². The molecule has 3 aliphatic rings. The molecule has 0 unspecified atom stereocenters. The molecule has 61 heavy (non-hydrogen) atoms. The zero-order valence-corrected chi connectivity index (χ0v) is 34.1. The monoisotopic (exact) mass is 886 g/mol. The fraction of sp³-hybridized carbons (Fsp3) is 0.359. The quantitative estimate of drug-likeness (QED) is 0.122. The molecule has 2 N–H and O–H groups in total. The van der Waals surface area contributed by atoms with Gasteiger partial charge in [0.25, 0.3) is 0 Å². The highest BCUT2D eigenvalue weighted by Gasteiger charge is 2.62. The molecule has 2 aliphatic carbocycles. The lowest BCUT2D eigenvalue weighted by Gasteiger charge is -2.42. The first-order valence-electron chi connectivity index (χ1n) is 18.6. The molecule has 0 saturated carbocycles. The third-order valence-corrected chi connectivity index (χ3v) is 12.6.